The predicted molar refractivity (Wildman–Crippen MR) is 46.7 cm³/mol. The van der Waals surface area contributed by atoms with Crippen molar-refractivity contribution in [3.8, 4) is 11.8 Å². The second kappa shape index (κ2) is 4.41. The Morgan fingerprint density at radius 3 is 2.86 bits per heavy atom. The van der Waals surface area contributed by atoms with E-state index >= 15 is 0 Å². The van der Waals surface area contributed by atoms with Gasteiger partial charge in [0.15, 0.2) is 0 Å². The molecule has 2 nitrogen and oxygen atoms in total. The van der Waals surface area contributed by atoms with Gasteiger partial charge >= 0.3 is 5.97 Å². The minimum Gasteiger partial charge on any atom is -0.459 e. The molecule has 4 heteroatoms. The van der Waals surface area contributed by atoms with E-state index in [1.54, 1.807) is 0 Å². The Morgan fingerprint density at radius 1 is 1.57 bits per heavy atom. The summed E-state index contributed by atoms with van der Waals surface area (Å²) in [6.45, 7) is 0. The lowest BCUT2D eigenvalue weighted by atomic mass is 9.87. The van der Waals surface area contributed by atoms with E-state index in [0.29, 0.717) is 12.8 Å². The fourth-order valence-corrected chi connectivity index (χ4v) is 1.51. The van der Waals surface area contributed by atoms with Crippen LogP contribution < -0.4 is 0 Å². The van der Waals surface area contributed by atoms with Crippen molar-refractivity contribution in [1.29, 1.82) is 0 Å². The zero-order valence-corrected chi connectivity index (χ0v) is 7.98. The molecule has 1 aliphatic carbocycles. The van der Waals surface area contributed by atoms with Crippen LogP contribution in [0.1, 0.15) is 25.7 Å². The predicted octanol–water partition coefficient (Wildman–Crippen LogP) is 1.99. The van der Waals surface area contributed by atoms with E-state index in [1.807, 2.05) is 0 Å². The molecule has 0 radical (unpaired) electrons. The monoisotopic (exact) mass is 202 g/mol. The van der Waals surface area contributed by atoms with Crippen LogP contribution in [0.5, 0.6) is 0 Å². The van der Waals surface area contributed by atoms with Gasteiger partial charge in [0.25, 0.3) is 0 Å². The molecule has 0 amide bonds. The van der Waals surface area contributed by atoms with Crippen molar-refractivity contribution in [3.63, 3.8) is 0 Å². The summed E-state index contributed by atoms with van der Waals surface area (Å²) in [4.78, 5) is 10.6. The first-order valence-corrected chi connectivity index (χ1v) is 4.51. The number of alkyl halides is 2. The lowest BCUT2D eigenvalue weighted by Crippen LogP contribution is -2.25. The quantitative estimate of drug-likeness (QED) is 0.341. The van der Waals surface area contributed by atoms with Gasteiger partial charge in [0.05, 0.1) is 7.11 Å². The third kappa shape index (κ3) is 3.33. The highest BCUT2D eigenvalue weighted by molar-refractivity contribution is 5.88. The number of rotatable bonds is 0. The summed E-state index contributed by atoms with van der Waals surface area (Å²) in [5.41, 5.74) is 0. The summed E-state index contributed by atoms with van der Waals surface area (Å²) in [6, 6.07) is 0. The molecule has 0 aliphatic heterocycles. The van der Waals surface area contributed by atoms with Crippen LogP contribution in [0.4, 0.5) is 8.78 Å². The standard InChI is InChI=1S/C10H12F2O2/c1-14-9(13)5-4-8-3-2-6-10(11,12)7-8/h8H,2-3,6-7H2,1H3. The number of carbonyl (C=O) groups excluding carboxylic acids is 1. The number of ether oxygens (including phenoxy) is 1. The second-order valence-electron chi connectivity index (χ2n) is 3.41. The average molecular weight is 202 g/mol. The molecule has 1 atom stereocenters. The Hall–Kier alpha value is -1.11. The lowest BCUT2D eigenvalue weighted by Gasteiger charge is -2.25. The van der Waals surface area contributed by atoms with E-state index in [2.05, 4.69) is 16.6 Å². The maximum Gasteiger partial charge on any atom is 0.384 e. The van der Waals surface area contributed by atoms with Crippen LogP contribution >= 0.6 is 0 Å². The van der Waals surface area contributed by atoms with Gasteiger partial charge in [-0.05, 0) is 12.8 Å². The van der Waals surface area contributed by atoms with E-state index in [1.165, 1.54) is 7.11 Å². The molecular formula is C10H12F2O2. The van der Waals surface area contributed by atoms with Crippen LogP contribution in [0, 0.1) is 17.8 Å². The van der Waals surface area contributed by atoms with Crippen molar-refractivity contribution in [2.45, 2.75) is 31.6 Å². The molecule has 1 unspecified atom stereocenters. The number of halogens is 2. The van der Waals surface area contributed by atoms with Crippen molar-refractivity contribution in [2.75, 3.05) is 7.11 Å². The van der Waals surface area contributed by atoms with Gasteiger partial charge in [-0.25, -0.2) is 13.6 Å². The van der Waals surface area contributed by atoms with Gasteiger partial charge in [-0.15, -0.1) is 0 Å². The Kier molecular flexibility index (Phi) is 3.45. The maximum absolute atomic E-state index is 12.9. The van der Waals surface area contributed by atoms with Crippen molar-refractivity contribution < 1.29 is 18.3 Å². The first-order chi connectivity index (χ1) is 6.53. The van der Waals surface area contributed by atoms with Crippen molar-refractivity contribution in [1.82, 2.24) is 0 Å². The van der Waals surface area contributed by atoms with E-state index in [4.69, 9.17) is 0 Å². The fourth-order valence-electron chi connectivity index (χ4n) is 1.51. The SMILES string of the molecule is COC(=O)C#CC1CCCC(F)(F)C1. The molecule has 0 aromatic carbocycles. The van der Waals surface area contributed by atoms with Crippen LogP contribution in [0.25, 0.3) is 0 Å². The molecular weight excluding hydrogens is 190 g/mol. The normalized spacial score (nSPS) is 24.6. The fraction of sp³-hybridized carbons (Fsp3) is 0.700. The summed E-state index contributed by atoms with van der Waals surface area (Å²) in [6.07, 6.45) is 0.799. The first kappa shape index (κ1) is 11.0. The molecule has 0 bridgehead atoms. The van der Waals surface area contributed by atoms with Crippen molar-refractivity contribution in [3.05, 3.63) is 0 Å². The highest BCUT2D eigenvalue weighted by Gasteiger charge is 2.35. The molecule has 0 aromatic rings. The molecule has 1 fully saturated rings. The molecule has 0 heterocycles. The average Bonchev–Trinajstić information content (AvgIpc) is 2.12. The highest BCUT2D eigenvalue weighted by Crippen LogP contribution is 2.36. The van der Waals surface area contributed by atoms with Gasteiger partial charge in [-0.2, -0.15) is 0 Å². The van der Waals surface area contributed by atoms with E-state index in [0.717, 1.165) is 0 Å². The number of hydrogen-bond acceptors (Lipinski definition) is 2. The van der Waals surface area contributed by atoms with E-state index in [-0.39, 0.29) is 18.8 Å². The van der Waals surface area contributed by atoms with Gasteiger partial charge in [0, 0.05) is 24.7 Å². The summed E-state index contributed by atoms with van der Waals surface area (Å²) >= 11 is 0. The molecule has 0 aromatic heterocycles. The molecule has 1 rings (SSSR count). The Labute approximate surface area is 81.6 Å². The third-order valence-electron chi connectivity index (χ3n) is 2.20. The van der Waals surface area contributed by atoms with Gasteiger partial charge in [0.1, 0.15) is 0 Å². The molecule has 0 spiro atoms. The van der Waals surface area contributed by atoms with Gasteiger partial charge < -0.3 is 4.74 Å². The van der Waals surface area contributed by atoms with Gasteiger partial charge in [-0.3, -0.25) is 0 Å². The first-order valence-electron chi connectivity index (χ1n) is 4.51. The summed E-state index contributed by atoms with van der Waals surface area (Å²) in [7, 11) is 1.21. The van der Waals surface area contributed by atoms with Crippen LogP contribution in [-0.4, -0.2) is 19.0 Å². The Morgan fingerprint density at radius 2 is 2.29 bits per heavy atom. The zero-order valence-electron chi connectivity index (χ0n) is 7.98. The maximum atomic E-state index is 12.9. The summed E-state index contributed by atoms with van der Waals surface area (Å²) in [5, 5.41) is 0. The number of methoxy groups -OCH3 is 1. The van der Waals surface area contributed by atoms with E-state index in [9.17, 15) is 13.6 Å². The molecule has 1 aliphatic rings. The summed E-state index contributed by atoms with van der Waals surface area (Å²) < 4.78 is 30.0. The van der Waals surface area contributed by atoms with Crippen molar-refractivity contribution >= 4 is 5.97 Å². The highest BCUT2D eigenvalue weighted by atomic mass is 19.3. The smallest absolute Gasteiger partial charge is 0.384 e. The minimum atomic E-state index is -2.62. The molecule has 0 N–H and O–H groups in total. The molecule has 78 valence electrons. The topological polar surface area (TPSA) is 26.3 Å². The molecule has 0 saturated heterocycles. The van der Waals surface area contributed by atoms with Crippen LogP contribution in [0.3, 0.4) is 0 Å². The minimum absolute atomic E-state index is 0.0661. The second-order valence-corrected chi connectivity index (χ2v) is 3.41. The summed E-state index contributed by atoms with van der Waals surface area (Å²) in [5.74, 6) is 1.06. The third-order valence-corrected chi connectivity index (χ3v) is 2.20. The largest absolute Gasteiger partial charge is 0.459 e. The van der Waals surface area contributed by atoms with Gasteiger partial charge in [-0.1, -0.05) is 5.92 Å². The zero-order chi connectivity index (χ0) is 10.6. The molecule has 1 saturated carbocycles. The van der Waals surface area contributed by atoms with Gasteiger partial charge in [0.2, 0.25) is 5.92 Å². The van der Waals surface area contributed by atoms with E-state index < -0.39 is 11.9 Å². The van der Waals surface area contributed by atoms with Crippen LogP contribution in [-0.2, 0) is 9.53 Å². The number of carbonyl (C=O) groups is 1. The van der Waals surface area contributed by atoms with Crippen molar-refractivity contribution in [2.24, 2.45) is 5.92 Å². The Balaban J connectivity index is 2.52. The number of hydrogen-bond donors (Lipinski definition) is 0. The molecule has 14 heavy (non-hydrogen) atoms. The van der Waals surface area contributed by atoms with Crippen LogP contribution in [0.15, 0.2) is 0 Å². The Bertz CT molecular complexity index is 276. The van der Waals surface area contributed by atoms with Crippen LogP contribution in [0.2, 0.25) is 0 Å². The number of esters is 1. The lowest BCUT2D eigenvalue weighted by molar-refractivity contribution is -0.133.